The van der Waals surface area contributed by atoms with E-state index in [9.17, 15) is 9.90 Å². The van der Waals surface area contributed by atoms with Gasteiger partial charge in [-0.25, -0.2) is 4.79 Å². The SMILES string of the molecule is O=C(c1ccc(-c2cccc([C@@H](O)c3ccc(Cl)c(Cl)c3)c2)cc1)[P+](O)(O)O. The van der Waals surface area contributed by atoms with Crippen LogP contribution in [0.3, 0.4) is 0 Å². The van der Waals surface area contributed by atoms with Gasteiger partial charge in [-0.15, -0.1) is 0 Å². The zero-order valence-electron chi connectivity index (χ0n) is 14.3. The Morgan fingerprint density at radius 1 is 0.786 bits per heavy atom. The minimum Gasteiger partial charge on any atom is -0.384 e. The first-order chi connectivity index (χ1) is 13.2. The predicted molar refractivity (Wildman–Crippen MR) is 110 cm³/mol. The molecule has 0 spiro atoms. The van der Waals surface area contributed by atoms with Crippen LogP contribution < -0.4 is 0 Å². The summed E-state index contributed by atoms with van der Waals surface area (Å²) in [5, 5.41) is 11.4. The molecule has 144 valence electrons. The fourth-order valence-electron chi connectivity index (χ4n) is 2.74. The van der Waals surface area contributed by atoms with Crippen molar-refractivity contribution in [1.29, 1.82) is 0 Å². The number of aliphatic hydroxyl groups excluding tert-OH is 1. The third-order valence-corrected chi connectivity index (χ3v) is 5.74. The topological polar surface area (TPSA) is 98.0 Å². The van der Waals surface area contributed by atoms with Crippen molar-refractivity contribution in [2.24, 2.45) is 0 Å². The lowest BCUT2D eigenvalue weighted by Crippen LogP contribution is -2.05. The summed E-state index contributed by atoms with van der Waals surface area (Å²) in [5.74, 6) is 0. The lowest BCUT2D eigenvalue weighted by atomic mass is 9.97. The lowest BCUT2D eigenvalue weighted by molar-refractivity contribution is 0.102. The van der Waals surface area contributed by atoms with Gasteiger partial charge >= 0.3 is 13.5 Å². The van der Waals surface area contributed by atoms with Gasteiger partial charge in [-0.1, -0.05) is 59.6 Å². The molecule has 0 heterocycles. The second-order valence-corrected chi connectivity index (χ2v) is 8.51. The number of hydrogen-bond acceptors (Lipinski definition) is 5. The lowest BCUT2D eigenvalue weighted by Gasteiger charge is -2.14. The van der Waals surface area contributed by atoms with Crippen LogP contribution in [0.15, 0.2) is 66.7 Å². The molecule has 0 unspecified atom stereocenters. The van der Waals surface area contributed by atoms with E-state index in [0.29, 0.717) is 21.2 Å². The number of carbonyl (C=O) groups is 1. The molecule has 8 heteroatoms. The van der Waals surface area contributed by atoms with Crippen LogP contribution in [0.25, 0.3) is 11.1 Å². The molecule has 0 fully saturated rings. The van der Waals surface area contributed by atoms with E-state index in [1.165, 1.54) is 12.1 Å². The maximum absolute atomic E-state index is 11.7. The van der Waals surface area contributed by atoms with Gasteiger partial charge in [0, 0.05) is 0 Å². The number of rotatable bonds is 5. The quantitative estimate of drug-likeness (QED) is 0.436. The van der Waals surface area contributed by atoms with Crippen molar-refractivity contribution >= 4 is 36.7 Å². The van der Waals surface area contributed by atoms with E-state index in [-0.39, 0.29) is 5.56 Å². The molecule has 28 heavy (non-hydrogen) atoms. The van der Waals surface area contributed by atoms with Crippen LogP contribution in [0.1, 0.15) is 27.6 Å². The first kappa shape index (κ1) is 20.9. The normalized spacial score (nSPS) is 12.6. The van der Waals surface area contributed by atoms with E-state index in [1.807, 2.05) is 6.07 Å². The Morgan fingerprint density at radius 2 is 1.43 bits per heavy atom. The van der Waals surface area contributed by atoms with Crippen LogP contribution in [0.4, 0.5) is 0 Å². The molecule has 4 N–H and O–H groups in total. The molecule has 3 rings (SSSR count). The van der Waals surface area contributed by atoms with Gasteiger partial charge in [0.25, 0.3) is 0 Å². The van der Waals surface area contributed by atoms with Gasteiger partial charge in [0.1, 0.15) is 6.10 Å². The second-order valence-electron chi connectivity index (χ2n) is 6.15. The smallest absolute Gasteiger partial charge is 0.384 e. The van der Waals surface area contributed by atoms with Gasteiger partial charge in [-0.3, -0.25) is 0 Å². The minimum absolute atomic E-state index is 0.00317. The van der Waals surface area contributed by atoms with Crippen LogP contribution in [0.2, 0.25) is 10.0 Å². The number of benzene rings is 3. The van der Waals surface area contributed by atoms with Gasteiger partial charge in [0.05, 0.1) is 15.6 Å². The molecule has 1 atom stereocenters. The zero-order chi connectivity index (χ0) is 20.5. The monoisotopic (exact) mass is 437 g/mol. The molecule has 0 saturated carbocycles. The van der Waals surface area contributed by atoms with Gasteiger partial charge in [-0.05, 0) is 52.6 Å². The van der Waals surface area contributed by atoms with Crippen molar-refractivity contribution in [3.05, 3.63) is 93.5 Å². The Hall–Kier alpha value is -1.82. The highest BCUT2D eigenvalue weighted by Crippen LogP contribution is 2.48. The number of halogens is 2. The molecule has 0 aliphatic heterocycles. The molecule has 3 aromatic carbocycles. The Bertz CT molecular complexity index is 1020. The van der Waals surface area contributed by atoms with Crippen LogP contribution in [-0.2, 0) is 0 Å². The van der Waals surface area contributed by atoms with E-state index < -0.39 is 19.6 Å². The van der Waals surface area contributed by atoms with E-state index in [4.69, 9.17) is 37.9 Å². The van der Waals surface area contributed by atoms with E-state index in [2.05, 4.69) is 0 Å². The maximum Gasteiger partial charge on any atom is 0.483 e. The van der Waals surface area contributed by atoms with E-state index in [0.717, 1.165) is 11.1 Å². The minimum atomic E-state index is -4.57. The summed E-state index contributed by atoms with van der Waals surface area (Å²) in [5.41, 5.74) is 1.66. The van der Waals surface area contributed by atoms with Gasteiger partial charge in [0.15, 0.2) is 0 Å². The highest BCUT2D eigenvalue weighted by atomic mass is 35.5. The van der Waals surface area contributed by atoms with Crippen molar-refractivity contribution in [3.63, 3.8) is 0 Å². The largest absolute Gasteiger partial charge is 0.483 e. The zero-order valence-corrected chi connectivity index (χ0v) is 16.7. The molecule has 0 aromatic heterocycles. The molecule has 0 radical (unpaired) electrons. The van der Waals surface area contributed by atoms with Crippen LogP contribution in [0, 0.1) is 0 Å². The summed E-state index contributed by atoms with van der Waals surface area (Å²) in [4.78, 5) is 39.0. The van der Waals surface area contributed by atoms with E-state index >= 15 is 0 Å². The number of hydrogen-bond donors (Lipinski definition) is 4. The number of aliphatic hydroxyl groups is 1. The average Bonchev–Trinajstić information content (AvgIpc) is 2.68. The molecular weight excluding hydrogens is 422 g/mol. The fraction of sp³-hybridized carbons (Fsp3) is 0.0500. The summed E-state index contributed by atoms with van der Waals surface area (Å²) in [6, 6.07) is 18.2. The Labute approximate surface area is 172 Å². The van der Waals surface area contributed by atoms with Crippen LogP contribution >= 0.6 is 31.1 Å². The first-order valence-corrected chi connectivity index (χ1v) is 10.5. The molecular formula is C20H16Cl2O5P+. The summed E-state index contributed by atoms with van der Waals surface area (Å²) < 4.78 is 0. The average molecular weight is 438 g/mol. The van der Waals surface area contributed by atoms with E-state index in [1.54, 1.807) is 48.5 Å². The maximum atomic E-state index is 11.7. The summed E-state index contributed by atoms with van der Waals surface area (Å²) >= 11 is 11.9. The van der Waals surface area contributed by atoms with Crippen molar-refractivity contribution < 1.29 is 24.6 Å². The number of carbonyl (C=O) groups excluding carboxylic acids is 1. The molecule has 0 aliphatic carbocycles. The van der Waals surface area contributed by atoms with Crippen molar-refractivity contribution in [2.75, 3.05) is 0 Å². The van der Waals surface area contributed by atoms with Gasteiger partial charge in [0.2, 0.25) is 0 Å². The summed E-state index contributed by atoms with van der Waals surface area (Å²) in [6.45, 7) is 0. The Morgan fingerprint density at radius 3 is 2.04 bits per heavy atom. The summed E-state index contributed by atoms with van der Waals surface area (Å²) in [6.07, 6.45) is -0.904. The first-order valence-electron chi connectivity index (χ1n) is 8.12. The summed E-state index contributed by atoms with van der Waals surface area (Å²) in [7, 11) is -4.57. The van der Waals surface area contributed by atoms with Crippen LogP contribution in [-0.4, -0.2) is 25.3 Å². The Kier molecular flexibility index (Phi) is 6.18. The van der Waals surface area contributed by atoms with Gasteiger partial charge < -0.3 is 5.11 Å². The van der Waals surface area contributed by atoms with Crippen LogP contribution in [0.5, 0.6) is 0 Å². The molecule has 0 saturated heterocycles. The highest BCUT2D eigenvalue weighted by molar-refractivity contribution is 7.76. The van der Waals surface area contributed by atoms with Gasteiger partial charge in [-0.2, -0.15) is 14.7 Å². The van der Waals surface area contributed by atoms with Crippen molar-refractivity contribution in [2.45, 2.75) is 6.10 Å². The Balaban J connectivity index is 1.89. The highest BCUT2D eigenvalue weighted by Gasteiger charge is 2.43. The molecule has 0 aliphatic rings. The molecule has 5 nitrogen and oxygen atoms in total. The van der Waals surface area contributed by atoms with Crippen molar-refractivity contribution in [3.8, 4) is 11.1 Å². The molecule has 0 bridgehead atoms. The standard InChI is InChI=1S/C20H16Cl2O5P/c21-17-9-8-16(11-18(17)22)19(23)15-3-1-2-14(10-15)12-4-6-13(7-5-12)20(24)28(25,26)27/h1-11,19,23,25-27H/q+1/t19-/m1/s1. The molecule has 3 aromatic rings. The second kappa shape index (κ2) is 8.27. The molecule has 0 amide bonds. The van der Waals surface area contributed by atoms with Crippen molar-refractivity contribution in [1.82, 2.24) is 0 Å². The predicted octanol–water partition coefficient (Wildman–Crippen LogP) is 4.62. The fourth-order valence-corrected chi connectivity index (χ4v) is 3.54. The third-order valence-electron chi connectivity index (χ3n) is 4.20. The third kappa shape index (κ3) is 4.59.